The number of hydrogen-bond acceptors (Lipinski definition) is 2. The molecule has 0 aliphatic carbocycles. The van der Waals surface area contributed by atoms with E-state index in [2.05, 4.69) is 5.32 Å². The van der Waals surface area contributed by atoms with Crippen molar-refractivity contribution in [2.45, 2.75) is 18.9 Å². The molecule has 1 saturated heterocycles. The van der Waals surface area contributed by atoms with Gasteiger partial charge in [0.05, 0.1) is 12.0 Å². The summed E-state index contributed by atoms with van der Waals surface area (Å²) in [5.41, 5.74) is 2.03. The Morgan fingerprint density at radius 2 is 2.20 bits per heavy atom. The number of carbonyl (C=O) groups excluding carboxylic acids is 1. The van der Waals surface area contributed by atoms with Crippen LogP contribution in [0.1, 0.15) is 24.5 Å². The van der Waals surface area contributed by atoms with Crippen LogP contribution in [0.4, 0.5) is 5.69 Å². The average molecular weight is 203 g/mol. The highest BCUT2D eigenvalue weighted by molar-refractivity contribution is 5.96. The Balaban J connectivity index is 2.06. The van der Waals surface area contributed by atoms with Crippen LogP contribution in [0.2, 0.25) is 0 Å². The number of nitrogens with one attached hydrogen (secondary N) is 1. The molecule has 1 aromatic carbocycles. The number of ether oxygens (including phenoxy) is 1. The predicted molar refractivity (Wildman–Crippen MR) is 56.5 cm³/mol. The van der Waals surface area contributed by atoms with Gasteiger partial charge in [0.25, 0.3) is 0 Å². The van der Waals surface area contributed by atoms with Gasteiger partial charge in [-0.25, -0.2) is 0 Å². The molecule has 0 spiro atoms. The minimum absolute atomic E-state index is 0.00801. The fourth-order valence-electron chi connectivity index (χ4n) is 2.44. The van der Waals surface area contributed by atoms with Gasteiger partial charge < -0.3 is 10.1 Å². The summed E-state index contributed by atoms with van der Waals surface area (Å²) in [5.74, 6) is 0.118. The van der Waals surface area contributed by atoms with Gasteiger partial charge in [0.15, 0.2) is 0 Å². The number of carbonyl (C=O) groups is 1. The van der Waals surface area contributed by atoms with Crippen molar-refractivity contribution in [2.75, 3.05) is 11.9 Å². The molecule has 1 aromatic rings. The third kappa shape index (κ3) is 1.35. The van der Waals surface area contributed by atoms with Gasteiger partial charge >= 0.3 is 0 Å². The molecule has 2 aliphatic rings. The molecule has 3 nitrogen and oxygen atoms in total. The first-order chi connectivity index (χ1) is 7.36. The van der Waals surface area contributed by atoms with Crippen LogP contribution in [0.25, 0.3) is 0 Å². The lowest BCUT2D eigenvalue weighted by Gasteiger charge is -2.36. The lowest BCUT2D eigenvalue weighted by molar-refractivity contribution is -0.130. The molecule has 1 amide bonds. The van der Waals surface area contributed by atoms with E-state index in [0.717, 1.165) is 30.7 Å². The molecular formula is C12H13NO2. The van der Waals surface area contributed by atoms with Gasteiger partial charge in [0.2, 0.25) is 5.91 Å². The lowest BCUT2D eigenvalue weighted by atomic mass is 9.85. The Morgan fingerprint density at radius 1 is 1.33 bits per heavy atom. The third-order valence-corrected chi connectivity index (χ3v) is 3.18. The minimum Gasteiger partial charge on any atom is -0.373 e. The van der Waals surface area contributed by atoms with E-state index < -0.39 is 0 Å². The Hall–Kier alpha value is -1.35. The summed E-state index contributed by atoms with van der Waals surface area (Å²) in [6, 6.07) is 7.90. The maximum atomic E-state index is 11.8. The first-order valence-electron chi connectivity index (χ1n) is 5.37. The zero-order valence-corrected chi connectivity index (χ0v) is 8.40. The Bertz CT molecular complexity index is 402. The van der Waals surface area contributed by atoms with E-state index in [1.807, 2.05) is 24.3 Å². The van der Waals surface area contributed by atoms with Crippen LogP contribution >= 0.6 is 0 Å². The highest BCUT2D eigenvalue weighted by atomic mass is 16.5. The normalized spacial score (nSPS) is 28.9. The number of anilines is 1. The zero-order chi connectivity index (χ0) is 10.3. The highest BCUT2D eigenvalue weighted by Crippen LogP contribution is 2.41. The quantitative estimate of drug-likeness (QED) is 0.701. The topological polar surface area (TPSA) is 38.3 Å². The van der Waals surface area contributed by atoms with Crippen molar-refractivity contribution < 1.29 is 9.53 Å². The molecule has 0 radical (unpaired) electrons. The summed E-state index contributed by atoms with van der Waals surface area (Å²) in [4.78, 5) is 11.8. The summed E-state index contributed by atoms with van der Waals surface area (Å²) in [7, 11) is 0. The first-order valence-corrected chi connectivity index (χ1v) is 5.37. The van der Waals surface area contributed by atoms with Crippen LogP contribution in [-0.2, 0) is 9.53 Å². The van der Waals surface area contributed by atoms with Crippen LogP contribution in [0, 0.1) is 5.92 Å². The molecule has 3 heteroatoms. The number of amides is 1. The largest absolute Gasteiger partial charge is 0.373 e. The fraction of sp³-hybridized carbons (Fsp3) is 0.417. The van der Waals surface area contributed by atoms with E-state index in [0.29, 0.717) is 0 Å². The number of benzene rings is 1. The van der Waals surface area contributed by atoms with Crippen LogP contribution in [0.3, 0.4) is 0 Å². The Labute approximate surface area is 88.4 Å². The predicted octanol–water partition coefficient (Wildman–Crippen LogP) is 2.11. The summed E-state index contributed by atoms with van der Waals surface area (Å²) >= 11 is 0. The van der Waals surface area contributed by atoms with Gasteiger partial charge in [-0.3, -0.25) is 4.79 Å². The standard InChI is InChI=1S/C12H13NO2/c14-12-9-5-3-7-15-11(9)8-4-1-2-6-10(8)13-12/h1-2,4,6,9,11H,3,5,7H2,(H,13,14). The molecule has 2 atom stereocenters. The van der Waals surface area contributed by atoms with Crippen molar-refractivity contribution in [3.8, 4) is 0 Å². The van der Waals surface area contributed by atoms with E-state index in [1.165, 1.54) is 0 Å². The zero-order valence-electron chi connectivity index (χ0n) is 8.40. The van der Waals surface area contributed by atoms with Crippen LogP contribution < -0.4 is 5.32 Å². The van der Waals surface area contributed by atoms with Crippen LogP contribution in [-0.4, -0.2) is 12.5 Å². The number of hydrogen-bond donors (Lipinski definition) is 1. The van der Waals surface area contributed by atoms with E-state index in [4.69, 9.17) is 4.74 Å². The summed E-state index contributed by atoms with van der Waals surface area (Å²) in [6.07, 6.45) is 1.89. The highest BCUT2D eigenvalue weighted by Gasteiger charge is 2.37. The van der Waals surface area contributed by atoms with Gasteiger partial charge in [-0.2, -0.15) is 0 Å². The van der Waals surface area contributed by atoms with Crippen molar-refractivity contribution >= 4 is 11.6 Å². The molecule has 78 valence electrons. The second-order valence-electron chi connectivity index (χ2n) is 4.12. The molecule has 0 aromatic heterocycles. The second-order valence-corrected chi connectivity index (χ2v) is 4.12. The monoisotopic (exact) mass is 203 g/mol. The number of para-hydroxylation sites is 1. The van der Waals surface area contributed by atoms with Crippen molar-refractivity contribution in [3.63, 3.8) is 0 Å². The molecule has 2 unspecified atom stereocenters. The fourth-order valence-corrected chi connectivity index (χ4v) is 2.44. The van der Waals surface area contributed by atoms with Crippen LogP contribution in [0.5, 0.6) is 0 Å². The van der Waals surface area contributed by atoms with Crippen molar-refractivity contribution in [1.29, 1.82) is 0 Å². The molecule has 0 bridgehead atoms. The van der Waals surface area contributed by atoms with E-state index >= 15 is 0 Å². The average Bonchev–Trinajstić information content (AvgIpc) is 2.30. The van der Waals surface area contributed by atoms with Gasteiger partial charge in [0.1, 0.15) is 0 Å². The lowest BCUT2D eigenvalue weighted by Crippen LogP contribution is -2.37. The van der Waals surface area contributed by atoms with Gasteiger partial charge in [-0.05, 0) is 18.9 Å². The molecular weight excluding hydrogens is 190 g/mol. The molecule has 15 heavy (non-hydrogen) atoms. The van der Waals surface area contributed by atoms with Crippen molar-refractivity contribution in [2.24, 2.45) is 5.92 Å². The molecule has 0 saturated carbocycles. The summed E-state index contributed by atoms with van der Waals surface area (Å²) < 4.78 is 5.72. The van der Waals surface area contributed by atoms with Gasteiger partial charge in [-0.15, -0.1) is 0 Å². The maximum Gasteiger partial charge on any atom is 0.230 e. The number of rotatable bonds is 0. The maximum absolute atomic E-state index is 11.8. The molecule has 3 rings (SSSR count). The van der Waals surface area contributed by atoms with E-state index in [-0.39, 0.29) is 17.9 Å². The number of fused-ring (bicyclic) bond motifs is 3. The molecule has 2 heterocycles. The van der Waals surface area contributed by atoms with E-state index in [9.17, 15) is 4.79 Å². The Kier molecular flexibility index (Phi) is 1.99. The van der Waals surface area contributed by atoms with Gasteiger partial charge in [-0.1, -0.05) is 18.2 Å². The van der Waals surface area contributed by atoms with E-state index in [1.54, 1.807) is 0 Å². The summed E-state index contributed by atoms with van der Waals surface area (Å²) in [5, 5.41) is 2.94. The molecule has 1 fully saturated rings. The molecule has 1 N–H and O–H groups in total. The smallest absolute Gasteiger partial charge is 0.230 e. The SMILES string of the molecule is O=C1Nc2ccccc2C2OCCCC12. The second kappa shape index (κ2) is 3.35. The summed E-state index contributed by atoms with van der Waals surface area (Å²) in [6.45, 7) is 0.767. The van der Waals surface area contributed by atoms with Gasteiger partial charge in [0, 0.05) is 17.9 Å². The van der Waals surface area contributed by atoms with Crippen molar-refractivity contribution in [3.05, 3.63) is 29.8 Å². The molecule has 2 aliphatic heterocycles. The first kappa shape index (κ1) is 8.92. The third-order valence-electron chi connectivity index (χ3n) is 3.18. The minimum atomic E-state index is -0.0244. The van der Waals surface area contributed by atoms with Crippen molar-refractivity contribution in [1.82, 2.24) is 0 Å². The Morgan fingerprint density at radius 3 is 3.13 bits per heavy atom. The van der Waals surface area contributed by atoms with Crippen LogP contribution in [0.15, 0.2) is 24.3 Å².